The number of benzene rings is 1. The largest absolute Gasteiger partial charge is 0.497 e. The highest BCUT2D eigenvalue weighted by Crippen LogP contribution is 2.21. The van der Waals surface area contributed by atoms with E-state index in [0.717, 1.165) is 37.4 Å². The van der Waals surface area contributed by atoms with Gasteiger partial charge in [-0.15, -0.1) is 0 Å². The lowest BCUT2D eigenvalue weighted by atomic mass is 10.0. The molecule has 1 unspecified atom stereocenters. The standard InChI is InChI=1S/C19H22N2O3/c1-23-17-6-4-7-18(12-17)24-14-19(22)21-10-8-15(13-21)11-16-5-2-3-9-20-16/h2-7,9,12,15H,8,10-11,13-14H2,1H3. The van der Waals surface area contributed by atoms with Gasteiger partial charge in [-0.3, -0.25) is 9.78 Å². The van der Waals surface area contributed by atoms with Crippen molar-refractivity contribution in [1.82, 2.24) is 9.88 Å². The number of likely N-dealkylation sites (tertiary alicyclic amines) is 1. The van der Waals surface area contributed by atoms with Crippen LogP contribution in [0.15, 0.2) is 48.7 Å². The van der Waals surface area contributed by atoms with Gasteiger partial charge in [0, 0.05) is 31.0 Å². The zero-order valence-electron chi connectivity index (χ0n) is 13.9. The number of amides is 1. The molecule has 24 heavy (non-hydrogen) atoms. The minimum Gasteiger partial charge on any atom is -0.497 e. The summed E-state index contributed by atoms with van der Waals surface area (Å²) < 4.78 is 10.7. The summed E-state index contributed by atoms with van der Waals surface area (Å²) in [6.45, 7) is 1.62. The lowest BCUT2D eigenvalue weighted by Gasteiger charge is -2.17. The first-order valence-electron chi connectivity index (χ1n) is 8.19. The van der Waals surface area contributed by atoms with Crippen molar-refractivity contribution in [3.63, 3.8) is 0 Å². The molecule has 1 amide bonds. The first-order valence-corrected chi connectivity index (χ1v) is 8.19. The smallest absolute Gasteiger partial charge is 0.260 e. The topological polar surface area (TPSA) is 51.7 Å². The number of nitrogens with zero attached hydrogens (tertiary/aromatic N) is 2. The Kier molecular flexibility index (Phi) is 5.31. The van der Waals surface area contributed by atoms with Crippen molar-refractivity contribution in [3.05, 3.63) is 54.4 Å². The number of methoxy groups -OCH3 is 1. The molecule has 1 aromatic heterocycles. The van der Waals surface area contributed by atoms with Crippen LogP contribution in [0.25, 0.3) is 0 Å². The van der Waals surface area contributed by atoms with Crippen LogP contribution in [0, 0.1) is 5.92 Å². The summed E-state index contributed by atoms with van der Waals surface area (Å²) in [5.74, 6) is 1.87. The van der Waals surface area contributed by atoms with Gasteiger partial charge in [-0.05, 0) is 43.0 Å². The van der Waals surface area contributed by atoms with Crippen LogP contribution in [0.2, 0.25) is 0 Å². The van der Waals surface area contributed by atoms with E-state index in [1.54, 1.807) is 13.2 Å². The molecule has 0 saturated carbocycles. The van der Waals surface area contributed by atoms with Crippen molar-refractivity contribution in [1.29, 1.82) is 0 Å². The second-order valence-electron chi connectivity index (χ2n) is 5.99. The highest BCUT2D eigenvalue weighted by molar-refractivity contribution is 5.78. The normalized spacial score (nSPS) is 16.9. The molecule has 3 rings (SSSR count). The van der Waals surface area contributed by atoms with Gasteiger partial charge in [0.1, 0.15) is 11.5 Å². The number of pyridine rings is 1. The van der Waals surface area contributed by atoms with E-state index in [0.29, 0.717) is 11.7 Å². The molecule has 1 fully saturated rings. The summed E-state index contributed by atoms with van der Waals surface area (Å²) in [6, 6.07) is 13.3. The molecular weight excluding hydrogens is 304 g/mol. The Morgan fingerprint density at radius 2 is 2.12 bits per heavy atom. The summed E-state index contributed by atoms with van der Waals surface area (Å²) in [4.78, 5) is 18.6. The van der Waals surface area contributed by atoms with Crippen molar-refractivity contribution >= 4 is 5.91 Å². The van der Waals surface area contributed by atoms with E-state index >= 15 is 0 Å². The van der Waals surface area contributed by atoms with Crippen LogP contribution < -0.4 is 9.47 Å². The molecule has 0 radical (unpaired) electrons. The second-order valence-corrected chi connectivity index (χ2v) is 5.99. The highest BCUT2D eigenvalue weighted by Gasteiger charge is 2.26. The quantitative estimate of drug-likeness (QED) is 0.819. The molecule has 1 atom stereocenters. The van der Waals surface area contributed by atoms with E-state index < -0.39 is 0 Å². The summed E-state index contributed by atoms with van der Waals surface area (Å²) in [7, 11) is 1.61. The Morgan fingerprint density at radius 1 is 1.25 bits per heavy atom. The highest BCUT2D eigenvalue weighted by atomic mass is 16.5. The maximum atomic E-state index is 12.3. The third-order valence-corrected chi connectivity index (χ3v) is 4.27. The molecule has 0 bridgehead atoms. The number of hydrogen-bond acceptors (Lipinski definition) is 4. The zero-order valence-corrected chi connectivity index (χ0v) is 13.9. The molecule has 5 nitrogen and oxygen atoms in total. The van der Waals surface area contributed by atoms with Crippen LogP contribution in [0.5, 0.6) is 11.5 Å². The van der Waals surface area contributed by atoms with Crippen LogP contribution in [-0.2, 0) is 11.2 Å². The van der Waals surface area contributed by atoms with Crippen molar-refractivity contribution in [3.8, 4) is 11.5 Å². The number of aromatic nitrogens is 1. The van der Waals surface area contributed by atoms with Gasteiger partial charge in [-0.1, -0.05) is 12.1 Å². The van der Waals surface area contributed by atoms with Crippen LogP contribution in [-0.4, -0.2) is 42.6 Å². The molecule has 0 aliphatic carbocycles. The van der Waals surface area contributed by atoms with E-state index in [4.69, 9.17) is 9.47 Å². The van der Waals surface area contributed by atoms with Gasteiger partial charge < -0.3 is 14.4 Å². The minimum atomic E-state index is 0.0290. The molecule has 0 spiro atoms. The molecule has 1 aromatic carbocycles. The van der Waals surface area contributed by atoms with Crippen molar-refractivity contribution in [2.45, 2.75) is 12.8 Å². The van der Waals surface area contributed by atoms with E-state index in [-0.39, 0.29) is 12.5 Å². The van der Waals surface area contributed by atoms with Gasteiger partial charge in [0.25, 0.3) is 5.91 Å². The SMILES string of the molecule is COc1cccc(OCC(=O)N2CCC(Cc3ccccn3)C2)c1. The lowest BCUT2D eigenvalue weighted by molar-refractivity contribution is -0.132. The Morgan fingerprint density at radius 3 is 2.92 bits per heavy atom. The fourth-order valence-electron chi connectivity index (χ4n) is 2.97. The van der Waals surface area contributed by atoms with Gasteiger partial charge in [-0.25, -0.2) is 0 Å². The molecule has 126 valence electrons. The van der Waals surface area contributed by atoms with Crippen molar-refractivity contribution < 1.29 is 14.3 Å². The van der Waals surface area contributed by atoms with E-state index in [1.807, 2.05) is 47.5 Å². The van der Waals surface area contributed by atoms with Crippen LogP contribution in [0.4, 0.5) is 0 Å². The number of rotatable bonds is 6. The van der Waals surface area contributed by atoms with E-state index in [2.05, 4.69) is 4.98 Å². The molecule has 2 aromatic rings. The fourth-order valence-corrected chi connectivity index (χ4v) is 2.97. The predicted molar refractivity (Wildman–Crippen MR) is 91.1 cm³/mol. The summed E-state index contributed by atoms with van der Waals surface area (Å²) in [6.07, 6.45) is 3.75. The van der Waals surface area contributed by atoms with Gasteiger partial charge in [0.2, 0.25) is 0 Å². The van der Waals surface area contributed by atoms with Crippen molar-refractivity contribution in [2.24, 2.45) is 5.92 Å². The summed E-state index contributed by atoms with van der Waals surface area (Å²) >= 11 is 0. The Hall–Kier alpha value is -2.56. The van der Waals surface area contributed by atoms with Gasteiger partial charge in [0.05, 0.1) is 7.11 Å². The third kappa shape index (κ3) is 4.25. The molecule has 1 aliphatic rings. The average molecular weight is 326 g/mol. The molecule has 5 heteroatoms. The van der Waals surface area contributed by atoms with Crippen molar-refractivity contribution in [2.75, 3.05) is 26.8 Å². The molecule has 1 aliphatic heterocycles. The second kappa shape index (κ2) is 7.81. The summed E-state index contributed by atoms with van der Waals surface area (Å²) in [5.41, 5.74) is 1.09. The Bertz CT molecular complexity index is 675. The Labute approximate surface area is 142 Å². The Balaban J connectivity index is 1.47. The van der Waals surface area contributed by atoms with Crippen LogP contribution in [0.1, 0.15) is 12.1 Å². The molecule has 1 saturated heterocycles. The summed E-state index contributed by atoms with van der Waals surface area (Å²) in [5, 5.41) is 0. The zero-order chi connectivity index (χ0) is 16.8. The maximum absolute atomic E-state index is 12.3. The molecule has 2 heterocycles. The van der Waals surface area contributed by atoms with Gasteiger partial charge in [-0.2, -0.15) is 0 Å². The van der Waals surface area contributed by atoms with Crippen LogP contribution >= 0.6 is 0 Å². The monoisotopic (exact) mass is 326 g/mol. The lowest BCUT2D eigenvalue weighted by Crippen LogP contribution is -2.33. The average Bonchev–Trinajstić information content (AvgIpc) is 3.09. The number of carbonyl (C=O) groups excluding carboxylic acids is 1. The third-order valence-electron chi connectivity index (χ3n) is 4.27. The molecular formula is C19H22N2O3. The number of carbonyl (C=O) groups is 1. The first-order chi connectivity index (χ1) is 11.7. The predicted octanol–water partition coefficient (Wildman–Crippen LogP) is 2.56. The molecule has 0 N–H and O–H groups in total. The maximum Gasteiger partial charge on any atom is 0.260 e. The van der Waals surface area contributed by atoms with E-state index in [1.165, 1.54) is 0 Å². The minimum absolute atomic E-state index is 0.0290. The van der Waals surface area contributed by atoms with Gasteiger partial charge in [0.15, 0.2) is 6.61 Å². The number of hydrogen-bond donors (Lipinski definition) is 0. The fraction of sp³-hybridized carbons (Fsp3) is 0.368. The van der Waals surface area contributed by atoms with Gasteiger partial charge >= 0.3 is 0 Å². The number of ether oxygens (including phenoxy) is 2. The van der Waals surface area contributed by atoms with E-state index in [9.17, 15) is 4.79 Å². The van der Waals surface area contributed by atoms with Crippen LogP contribution in [0.3, 0.4) is 0 Å². The first kappa shape index (κ1) is 16.3.